The van der Waals surface area contributed by atoms with Crippen LogP contribution in [0.2, 0.25) is 0 Å². The van der Waals surface area contributed by atoms with E-state index in [4.69, 9.17) is 15.5 Å². The lowest BCUT2D eigenvalue weighted by Crippen LogP contribution is -2.18. The van der Waals surface area contributed by atoms with Gasteiger partial charge < -0.3 is 10.5 Å². The lowest BCUT2D eigenvalue weighted by molar-refractivity contribution is 0.274. The molecule has 20 heavy (non-hydrogen) atoms. The number of rotatable bonds is 2. The predicted molar refractivity (Wildman–Crippen MR) is 76.8 cm³/mol. The first-order valence-corrected chi connectivity index (χ1v) is 7.17. The summed E-state index contributed by atoms with van der Waals surface area (Å²) in [5.74, 6) is 3.17. The van der Waals surface area contributed by atoms with Gasteiger partial charge in [-0.2, -0.15) is 0 Å². The van der Waals surface area contributed by atoms with Crippen LogP contribution in [0.3, 0.4) is 0 Å². The number of ether oxygens (including phenoxy) is 1. The molecule has 1 fully saturated rings. The highest BCUT2D eigenvalue weighted by Crippen LogP contribution is 2.41. The third-order valence-corrected chi connectivity index (χ3v) is 4.05. The first kappa shape index (κ1) is 11.7. The molecular weight excluding hydrogens is 250 g/mol. The monoisotopic (exact) mass is 267 g/mol. The Balaban J connectivity index is 1.78. The van der Waals surface area contributed by atoms with Crippen molar-refractivity contribution >= 4 is 5.82 Å². The number of hydrogen-bond donors (Lipinski definition) is 1. The van der Waals surface area contributed by atoms with E-state index >= 15 is 0 Å². The van der Waals surface area contributed by atoms with Gasteiger partial charge in [0.05, 0.1) is 12.5 Å². The Morgan fingerprint density at radius 1 is 1.10 bits per heavy atom. The maximum absolute atomic E-state index is 5.97. The van der Waals surface area contributed by atoms with E-state index in [0.29, 0.717) is 18.3 Å². The third-order valence-electron chi connectivity index (χ3n) is 4.05. The van der Waals surface area contributed by atoms with E-state index in [-0.39, 0.29) is 5.92 Å². The Morgan fingerprint density at radius 2 is 1.95 bits per heavy atom. The summed E-state index contributed by atoms with van der Waals surface area (Å²) >= 11 is 0. The third kappa shape index (κ3) is 2.01. The van der Waals surface area contributed by atoms with Gasteiger partial charge in [-0.05, 0) is 25.3 Å². The van der Waals surface area contributed by atoms with Crippen molar-refractivity contribution in [1.82, 2.24) is 9.97 Å². The van der Waals surface area contributed by atoms with Crippen LogP contribution in [0.1, 0.15) is 48.2 Å². The summed E-state index contributed by atoms with van der Waals surface area (Å²) in [6.07, 6.45) is 3.35. The van der Waals surface area contributed by atoms with Gasteiger partial charge in [0, 0.05) is 23.2 Å². The molecule has 102 valence electrons. The molecule has 2 aromatic rings. The fourth-order valence-corrected chi connectivity index (χ4v) is 2.86. The van der Waals surface area contributed by atoms with Gasteiger partial charge in [-0.1, -0.05) is 18.2 Å². The van der Waals surface area contributed by atoms with Crippen molar-refractivity contribution in [2.24, 2.45) is 0 Å². The highest BCUT2D eigenvalue weighted by molar-refractivity contribution is 5.42. The van der Waals surface area contributed by atoms with Crippen LogP contribution in [0.5, 0.6) is 5.75 Å². The molecule has 1 aromatic heterocycles. The van der Waals surface area contributed by atoms with Gasteiger partial charge in [0.25, 0.3) is 0 Å². The fourth-order valence-electron chi connectivity index (χ4n) is 2.86. The molecule has 4 heteroatoms. The Hall–Kier alpha value is -2.10. The maximum Gasteiger partial charge on any atom is 0.138 e. The summed E-state index contributed by atoms with van der Waals surface area (Å²) in [4.78, 5) is 9.25. The molecule has 1 saturated carbocycles. The Bertz CT molecular complexity index is 652. The second-order valence-electron chi connectivity index (χ2n) is 5.58. The van der Waals surface area contributed by atoms with Gasteiger partial charge in [0.2, 0.25) is 0 Å². The summed E-state index contributed by atoms with van der Waals surface area (Å²) < 4.78 is 5.71. The van der Waals surface area contributed by atoms with Gasteiger partial charge in [0.15, 0.2) is 0 Å². The van der Waals surface area contributed by atoms with E-state index in [1.165, 1.54) is 18.4 Å². The number of nitrogens with zero attached hydrogens (tertiary/aromatic N) is 2. The zero-order valence-electron chi connectivity index (χ0n) is 11.2. The number of fused-ring (bicyclic) bond motifs is 1. The van der Waals surface area contributed by atoms with Crippen molar-refractivity contribution in [3.63, 3.8) is 0 Å². The molecule has 4 nitrogen and oxygen atoms in total. The van der Waals surface area contributed by atoms with Gasteiger partial charge >= 0.3 is 0 Å². The SMILES string of the molecule is Nc1cc(C2CC2)nc(C2CCOc3ccccc32)n1. The van der Waals surface area contributed by atoms with Gasteiger partial charge in [-0.25, -0.2) is 9.97 Å². The number of para-hydroxylation sites is 1. The quantitative estimate of drug-likeness (QED) is 0.908. The largest absolute Gasteiger partial charge is 0.493 e. The molecule has 2 N–H and O–H groups in total. The molecule has 0 amide bonds. The minimum absolute atomic E-state index is 0.195. The molecule has 2 aliphatic rings. The number of aromatic nitrogens is 2. The number of hydrogen-bond acceptors (Lipinski definition) is 4. The Kier molecular flexibility index (Phi) is 2.62. The molecule has 1 unspecified atom stereocenters. The van der Waals surface area contributed by atoms with Gasteiger partial charge in [-0.15, -0.1) is 0 Å². The van der Waals surface area contributed by atoms with Crippen LogP contribution in [0.25, 0.3) is 0 Å². The average Bonchev–Trinajstić information content (AvgIpc) is 3.30. The smallest absolute Gasteiger partial charge is 0.138 e. The molecule has 0 bridgehead atoms. The minimum atomic E-state index is 0.195. The molecule has 1 aromatic carbocycles. The van der Waals surface area contributed by atoms with Crippen LogP contribution in [0, 0.1) is 0 Å². The molecule has 1 aliphatic carbocycles. The maximum atomic E-state index is 5.97. The molecule has 2 heterocycles. The highest BCUT2D eigenvalue weighted by Gasteiger charge is 2.29. The standard InChI is InChI=1S/C16H17N3O/c17-15-9-13(10-5-6-10)18-16(19-15)12-7-8-20-14-4-2-1-3-11(12)14/h1-4,9-10,12H,5-8H2,(H2,17,18,19). The van der Waals surface area contributed by atoms with Crippen LogP contribution >= 0.6 is 0 Å². The summed E-state index contributed by atoms with van der Waals surface area (Å²) in [5, 5.41) is 0. The van der Waals surface area contributed by atoms with Crippen molar-refractivity contribution in [3.8, 4) is 5.75 Å². The first-order valence-electron chi connectivity index (χ1n) is 7.17. The predicted octanol–water partition coefficient (Wildman–Crippen LogP) is 2.85. The lowest BCUT2D eigenvalue weighted by atomic mass is 9.92. The van der Waals surface area contributed by atoms with Gasteiger partial charge in [0.1, 0.15) is 17.4 Å². The number of anilines is 1. The second-order valence-corrected chi connectivity index (χ2v) is 5.58. The lowest BCUT2D eigenvalue weighted by Gasteiger charge is -2.25. The zero-order valence-corrected chi connectivity index (χ0v) is 11.2. The molecule has 4 rings (SSSR count). The number of nitrogen functional groups attached to an aromatic ring is 1. The van der Waals surface area contributed by atoms with Crippen molar-refractivity contribution in [3.05, 3.63) is 47.4 Å². The van der Waals surface area contributed by atoms with Crippen molar-refractivity contribution in [2.75, 3.05) is 12.3 Å². The highest BCUT2D eigenvalue weighted by atomic mass is 16.5. The molecule has 0 radical (unpaired) electrons. The molecule has 0 saturated heterocycles. The van der Waals surface area contributed by atoms with Crippen LogP contribution in [0.15, 0.2) is 30.3 Å². The van der Waals surface area contributed by atoms with Crippen molar-refractivity contribution in [2.45, 2.75) is 31.1 Å². The van der Waals surface area contributed by atoms with E-state index in [1.54, 1.807) is 0 Å². The Labute approximate surface area is 118 Å². The van der Waals surface area contributed by atoms with E-state index in [9.17, 15) is 0 Å². The zero-order chi connectivity index (χ0) is 13.5. The summed E-state index contributed by atoms with van der Waals surface area (Å²) in [5.41, 5.74) is 8.25. The van der Waals surface area contributed by atoms with E-state index in [1.807, 2.05) is 24.3 Å². The fraction of sp³-hybridized carbons (Fsp3) is 0.375. The van der Waals surface area contributed by atoms with Crippen LogP contribution in [-0.4, -0.2) is 16.6 Å². The van der Waals surface area contributed by atoms with Crippen LogP contribution < -0.4 is 10.5 Å². The topological polar surface area (TPSA) is 61.0 Å². The second kappa shape index (κ2) is 4.47. The molecule has 0 spiro atoms. The van der Waals surface area contributed by atoms with Crippen molar-refractivity contribution < 1.29 is 4.74 Å². The van der Waals surface area contributed by atoms with E-state index in [0.717, 1.165) is 23.7 Å². The summed E-state index contributed by atoms with van der Waals surface area (Å²) in [6, 6.07) is 10.1. The van der Waals surface area contributed by atoms with Crippen LogP contribution in [-0.2, 0) is 0 Å². The van der Waals surface area contributed by atoms with Crippen LogP contribution in [0.4, 0.5) is 5.82 Å². The molecule has 1 atom stereocenters. The molecular formula is C16H17N3O. The number of benzene rings is 1. The molecule has 1 aliphatic heterocycles. The first-order chi connectivity index (χ1) is 9.81. The Morgan fingerprint density at radius 3 is 2.80 bits per heavy atom. The normalized spacial score (nSPS) is 21.1. The average molecular weight is 267 g/mol. The minimum Gasteiger partial charge on any atom is -0.493 e. The summed E-state index contributed by atoms with van der Waals surface area (Å²) in [7, 11) is 0. The van der Waals surface area contributed by atoms with E-state index < -0.39 is 0 Å². The number of nitrogens with two attached hydrogens (primary N) is 1. The van der Waals surface area contributed by atoms with Gasteiger partial charge in [-0.3, -0.25) is 0 Å². The van der Waals surface area contributed by atoms with E-state index in [2.05, 4.69) is 11.1 Å². The summed E-state index contributed by atoms with van der Waals surface area (Å²) in [6.45, 7) is 0.707. The van der Waals surface area contributed by atoms with Crippen molar-refractivity contribution in [1.29, 1.82) is 0 Å².